The lowest BCUT2D eigenvalue weighted by atomic mass is 9.53. The molecule has 0 N–H and O–H groups in total. The van der Waals surface area contributed by atoms with Gasteiger partial charge >= 0.3 is 0 Å². The van der Waals surface area contributed by atoms with E-state index in [-0.39, 0.29) is 5.41 Å². The topological polar surface area (TPSA) is 48.7 Å². The zero-order chi connectivity index (χ0) is 20.3. The fraction of sp³-hybridized carbons (Fsp3) is 0.625. The predicted octanol–water partition coefficient (Wildman–Crippen LogP) is 6.24. The van der Waals surface area contributed by atoms with E-state index >= 15 is 0 Å². The van der Waals surface area contributed by atoms with Gasteiger partial charge < -0.3 is 13.9 Å². The molecule has 0 bridgehead atoms. The third kappa shape index (κ3) is 2.53. The normalized spacial score (nSPS) is 28.9. The molecule has 0 saturated heterocycles. The minimum absolute atomic E-state index is 0.0346. The summed E-state index contributed by atoms with van der Waals surface area (Å²) in [5, 5.41) is 1.02. The highest BCUT2D eigenvalue weighted by Crippen LogP contribution is 2.60. The second-order valence-corrected chi connectivity index (χ2v) is 9.65. The van der Waals surface area contributed by atoms with Crippen LogP contribution in [-0.2, 0) is 5.41 Å². The van der Waals surface area contributed by atoms with Gasteiger partial charge in [-0.1, -0.05) is 34.1 Å². The van der Waals surface area contributed by atoms with Gasteiger partial charge in [0.05, 0.1) is 14.2 Å². The Kier molecular flexibility index (Phi) is 4.52. The second kappa shape index (κ2) is 6.53. The van der Waals surface area contributed by atoms with E-state index in [1.165, 1.54) is 24.8 Å². The van der Waals surface area contributed by atoms with E-state index in [1.54, 1.807) is 14.2 Å². The van der Waals surface area contributed by atoms with Crippen LogP contribution in [0.4, 0.5) is 0 Å². The average Bonchev–Trinajstić information content (AvgIpc) is 3.00. The number of ether oxygens (including phenoxy) is 2. The van der Waals surface area contributed by atoms with Crippen molar-refractivity contribution in [2.75, 3.05) is 14.2 Å². The van der Waals surface area contributed by atoms with E-state index in [9.17, 15) is 4.79 Å². The Hall–Kier alpha value is -1.97. The van der Waals surface area contributed by atoms with E-state index in [4.69, 9.17) is 13.9 Å². The van der Waals surface area contributed by atoms with Crippen molar-refractivity contribution < 1.29 is 18.7 Å². The van der Waals surface area contributed by atoms with Crippen molar-refractivity contribution in [2.45, 2.75) is 71.1 Å². The van der Waals surface area contributed by atoms with Crippen molar-refractivity contribution in [3.8, 4) is 11.5 Å². The van der Waals surface area contributed by atoms with Gasteiger partial charge in [0.2, 0.25) is 0 Å². The first-order chi connectivity index (χ1) is 13.3. The fourth-order valence-corrected chi connectivity index (χ4v) is 6.32. The molecule has 2 aliphatic carbocycles. The molecule has 4 rings (SSSR count). The molecule has 4 nitrogen and oxygen atoms in total. The number of aldehydes is 1. The lowest BCUT2D eigenvalue weighted by Gasteiger charge is -2.50. The zero-order valence-electron chi connectivity index (χ0n) is 18.0. The number of carbonyl (C=O) groups excluding carboxylic acids is 1. The highest BCUT2D eigenvalue weighted by molar-refractivity contribution is 6.01. The summed E-state index contributed by atoms with van der Waals surface area (Å²) in [6, 6.07) is 2.02. The maximum atomic E-state index is 12.0. The summed E-state index contributed by atoms with van der Waals surface area (Å²) in [6.07, 6.45) is 6.80. The van der Waals surface area contributed by atoms with Crippen LogP contribution < -0.4 is 9.47 Å². The molecule has 3 atom stereocenters. The summed E-state index contributed by atoms with van der Waals surface area (Å²) in [5.74, 6) is 3.01. The van der Waals surface area contributed by atoms with Crippen molar-refractivity contribution in [1.29, 1.82) is 0 Å². The third-order valence-electron chi connectivity index (χ3n) is 7.64. The fourth-order valence-electron chi connectivity index (χ4n) is 6.32. The van der Waals surface area contributed by atoms with Gasteiger partial charge in [0.25, 0.3) is 0 Å². The molecule has 0 aliphatic heterocycles. The smallest absolute Gasteiger partial charge is 0.175 e. The number of hydrogen-bond acceptors (Lipinski definition) is 4. The number of fused-ring (bicyclic) bond motifs is 5. The summed E-state index contributed by atoms with van der Waals surface area (Å²) in [7, 11) is 3.18. The molecule has 4 heteroatoms. The Morgan fingerprint density at radius 3 is 2.54 bits per heavy atom. The summed E-state index contributed by atoms with van der Waals surface area (Å²) in [6.45, 7) is 9.52. The van der Waals surface area contributed by atoms with Gasteiger partial charge in [-0.15, -0.1) is 0 Å². The molecule has 1 saturated carbocycles. The van der Waals surface area contributed by atoms with Crippen LogP contribution in [0.1, 0.15) is 87.4 Å². The van der Waals surface area contributed by atoms with Gasteiger partial charge in [0, 0.05) is 16.9 Å². The van der Waals surface area contributed by atoms with Crippen LogP contribution in [-0.4, -0.2) is 20.5 Å². The summed E-state index contributed by atoms with van der Waals surface area (Å²) in [4.78, 5) is 12.0. The van der Waals surface area contributed by atoms with Gasteiger partial charge in [-0.3, -0.25) is 4.79 Å². The molecule has 28 heavy (non-hydrogen) atoms. The monoisotopic (exact) mass is 384 g/mol. The van der Waals surface area contributed by atoms with Crippen LogP contribution in [0.3, 0.4) is 0 Å². The molecule has 1 aromatic heterocycles. The quantitative estimate of drug-likeness (QED) is 0.587. The van der Waals surface area contributed by atoms with E-state index < -0.39 is 0 Å². The van der Waals surface area contributed by atoms with E-state index in [1.807, 2.05) is 6.07 Å². The van der Waals surface area contributed by atoms with E-state index in [0.29, 0.717) is 39.9 Å². The van der Waals surface area contributed by atoms with Crippen LogP contribution in [0.2, 0.25) is 0 Å². The first-order valence-electron chi connectivity index (χ1n) is 10.5. The molecule has 0 radical (unpaired) electrons. The van der Waals surface area contributed by atoms with Crippen LogP contribution >= 0.6 is 0 Å². The number of methoxy groups -OCH3 is 2. The highest BCUT2D eigenvalue weighted by Gasteiger charge is 2.51. The van der Waals surface area contributed by atoms with E-state index in [2.05, 4.69) is 27.7 Å². The summed E-state index contributed by atoms with van der Waals surface area (Å²) >= 11 is 0. The SMILES string of the molecule is COc1cc2c3c(oc2c(C=O)c1OC)[C@@H](C)CC[C@H]1C(C)(C)CCC[C@]31C. The number of hydrogen-bond donors (Lipinski definition) is 0. The van der Waals surface area contributed by atoms with Crippen molar-refractivity contribution >= 4 is 17.3 Å². The molecule has 1 heterocycles. The van der Waals surface area contributed by atoms with Gasteiger partial charge in [0.15, 0.2) is 17.8 Å². The molecular weight excluding hydrogens is 352 g/mol. The minimum atomic E-state index is 0.0346. The third-order valence-corrected chi connectivity index (χ3v) is 7.64. The van der Waals surface area contributed by atoms with Crippen LogP contribution in [0.15, 0.2) is 10.5 Å². The van der Waals surface area contributed by atoms with Gasteiger partial charge in [-0.2, -0.15) is 0 Å². The number of furan rings is 1. The second-order valence-electron chi connectivity index (χ2n) is 9.65. The van der Waals surface area contributed by atoms with E-state index in [0.717, 1.165) is 30.3 Å². The summed E-state index contributed by atoms with van der Waals surface area (Å²) in [5.41, 5.74) is 2.73. The van der Waals surface area contributed by atoms with Crippen molar-refractivity contribution in [1.82, 2.24) is 0 Å². The Bertz CT molecular complexity index is 923. The molecule has 0 unspecified atom stereocenters. The molecule has 2 aliphatic rings. The lowest BCUT2D eigenvalue weighted by molar-refractivity contribution is 0.0504. The molecule has 0 spiro atoms. The van der Waals surface area contributed by atoms with Gasteiger partial charge in [-0.05, 0) is 48.5 Å². The Balaban J connectivity index is 2.09. The van der Waals surface area contributed by atoms with Crippen LogP contribution in [0, 0.1) is 11.3 Å². The highest BCUT2D eigenvalue weighted by atomic mass is 16.5. The number of carbonyl (C=O) groups is 1. The maximum Gasteiger partial charge on any atom is 0.175 e. The first kappa shape index (κ1) is 19.4. The predicted molar refractivity (Wildman–Crippen MR) is 111 cm³/mol. The Morgan fingerprint density at radius 1 is 1.14 bits per heavy atom. The first-order valence-corrected chi connectivity index (χ1v) is 10.5. The number of rotatable bonds is 3. The lowest BCUT2D eigenvalue weighted by Crippen LogP contribution is -2.44. The molecule has 0 amide bonds. The Labute approximate surface area is 167 Å². The van der Waals surface area contributed by atoms with Crippen molar-refractivity contribution in [3.05, 3.63) is 23.0 Å². The number of benzene rings is 1. The summed E-state index contributed by atoms with van der Waals surface area (Å²) < 4.78 is 17.6. The van der Waals surface area contributed by atoms with Crippen LogP contribution in [0.5, 0.6) is 11.5 Å². The van der Waals surface area contributed by atoms with Crippen LogP contribution in [0.25, 0.3) is 11.0 Å². The molecule has 2 aromatic rings. The molecular formula is C24H32O4. The van der Waals surface area contributed by atoms with Crippen molar-refractivity contribution in [2.24, 2.45) is 11.3 Å². The van der Waals surface area contributed by atoms with Gasteiger partial charge in [0.1, 0.15) is 16.9 Å². The minimum Gasteiger partial charge on any atom is -0.493 e. The Morgan fingerprint density at radius 2 is 1.89 bits per heavy atom. The van der Waals surface area contributed by atoms with Gasteiger partial charge in [-0.25, -0.2) is 0 Å². The largest absolute Gasteiger partial charge is 0.493 e. The van der Waals surface area contributed by atoms with Crippen molar-refractivity contribution in [3.63, 3.8) is 0 Å². The standard InChI is InChI=1S/C24H32O4/c1-14-8-9-18-23(2,3)10-7-11-24(18,4)19-15-12-17(26-5)22(27-6)16(13-25)21(15)28-20(14)19/h12-14,18H,7-11H2,1-6H3/t14-,18-,24-/m0/s1. The molecule has 152 valence electrons. The molecule has 1 fully saturated rings. The zero-order valence-corrected chi connectivity index (χ0v) is 18.0. The maximum absolute atomic E-state index is 12.0. The average molecular weight is 385 g/mol. The molecule has 1 aromatic carbocycles.